The molecule has 1 aliphatic heterocycles. The van der Waals surface area contributed by atoms with E-state index in [4.69, 9.17) is 9.47 Å². The minimum atomic E-state index is -4.77. The standard InChI is InChI=1S/C24H19F3N2O4/c25-24(26,27)33-19-13-11-17(12-14-19)22-28-15-20(21(32-22)16-7-3-1-4-8-16)31-23(30)29-18-9-5-2-6-10-18/h1-14,20-21H,15H2,(H,29,30). The normalized spacial score (nSPS) is 18.0. The molecule has 3 aromatic carbocycles. The molecule has 0 saturated carbocycles. The molecule has 1 N–H and O–H groups in total. The van der Waals surface area contributed by atoms with Crippen molar-refractivity contribution in [3.05, 3.63) is 96.1 Å². The molecule has 33 heavy (non-hydrogen) atoms. The monoisotopic (exact) mass is 456 g/mol. The second-order valence-electron chi connectivity index (χ2n) is 7.10. The van der Waals surface area contributed by atoms with Gasteiger partial charge in [0.25, 0.3) is 0 Å². The fourth-order valence-corrected chi connectivity index (χ4v) is 3.29. The Morgan fingerprint density at radius 1 is 0.939 bits per heavy atom. The van der Waals surface area contributed by atoms with Crippen LogP contribution in [0.25, 0.3) is 0 Å². The quantitative estimate of drug-likeness (QED) is 0.533. The highest BCUT2D eigenvalue weighted by atomic mass is 19.4. The summed E-state index contributed by atoms with van der Waals surface area (Å²) in [6.07, 6.45) is -6.80. The number of para-hydroxylation sites is 1. The zero-order chi connectivity index (χ0) is 23.3. The second-order valence-corrected chi connectivity index (χ2v) is 7.10. The molecule has 0 fully saturated rings. The number of hydrogen-bond donors (Lipinski definition) is 1. The number of aliphatic imine (C=N–C) groups is 1. The summed E-state index contributed by atoms with van der Waals surface area (Å²) in [4.78, 5) is 16.8. The Morgan fingerprint density at radius 2 is 1.58 bits per heavy atom. The predicted octanol–water partition coefficient (Wildman–Crippen LogP) is 5.72. The number of amides is 1. The van der Waals surface area contributed by atoms with E-state index in [1.54, 1.807) is 24.3 Å². The summed E-state index contributed by atoms with van der Waals surface area (Å²) in [7, 11) is 0. The van der Waals surface area contributed by atoms with Crippen molar-refractivity contribution in [2.45, 2.75) is 18.6 Å². The SMILES string of the molecule is O=C(Nc1ccccc1)OC1CN=C(c2ccc(OC(F)(F)F)cc2)OC1c1ccccc1. The maximum Gasteiger partial charge on any atom is 0.573 e. The summed E-state index contributed by atoms with van der Waals surface area (Å²) >= 11 is 0. The summed E-state index contributed by atoms with van der Waals surface area (Å²) in [5, 5.41) is 2.66. The molecule has 0 bridgehead atoms. The molecule has 3 aromatic rings. The lowest BCUT2D eigenvalue weighted by Crippen LogP contribution is -2.37. The average molecular weight is 456 g/mol. The lowest BCUT2D eigenvalue weighted by Gasteiger charge is -2.31. The number of carbonyl (C=O) groups is 1. The van der Waals surface area contributed by atoms with Gasteiger partial charge in [-0.15, -0.1) is 13.2 Å². The third-order valence-electron chi connectivity index (χ3n) is 4.73. The molecule has 0 radical (unpaired) electrons. The minimum Gasteiger partial charge on any atom is -0.465 e. The van der Waals surface area contributed by atoms with Gasteiger partial charge in [0.05, 0.1) is 6.54 Å². The molecular formula is C24H19F3N2O4. The molecule has 2 atom stereocenters. The Morgan fingerprint density at radius 3 is 2.21 bits per heavy atom. The second kappa shape index (κ2) is 9.64. The van der Waals surface area contributed by atoms with E-state index >= 15 is 0 Å². The van der Waals surface area contributed by atoms with Crippen LogP contribution in [0.3, 0.4) is 0 Å². The molecule has 1 amide bonds. The number of ether oxygens (including phenoxy) is 3. The molecule has 170 valence electrons. The number of halogens is 3. The Kier molecular flexibility index (Phi) is 6.48. The van der Waals surface area contributed by atoms with Crippen molar-refractivity contribution < 1.29 is 32.2 Å². The van der Waals surface area contributed by atoms with Crippen LogP contribution in [0.1, 0.15) is 17.2 Å². The van der Waals surface area contributed by atoms with E-state index in [9.17, 15) is 18.0 Å². The van der Waals surface area contributed by atoms with Gasteiger partial charge in [-0.25, -0.2) is 9.79 Å². The smallest absolute Gasteiger partial charge is 0.465 e. The number of alkyl halides is 3. The highest BCUT2D eigenvalue weighted by molar-refractivity contribution is 5.95. The summed E-state index contributed by atoms with van der Waals surface area (Å²) in [6.45, 7) is 0.109. The van der Waals surface area contributed by atoms with Gasteiger partial charge in [-0.05, 0) is 42.0 Å². The molecule has 6 nitrogen and oxygen atoms in total. The van der Waals surface area contributed by atoms with Gasteiger partial charge in [-0.1, -0.05) is 48.5 Å². The van der Waals surface area contributed by atoms with Crippen LogP contribution in [-0.2, 0) is 9.47 Å². The number of anilines is 1. The van der Waals surface area contributed by atoms with Crippen molar-refractivity contribution >= 4 is 17.7 Å². The van der Waals surface area contributed by atoms with Crippen LogP contribution < -0.4 is 10.1 Å². The third kappa shape index (κ3) is 6.03. The number of carbonyl (C=O) groups excluding carboxylic acids is 1. The first-order valence-corrected chi connectivity index (χ1v) is 10.0. The van der Waals surface area contributed by atoms with E-state index in [0.717, 1.165) is 5.56 Å². The molecule has 0 aromatic heterocycles. The van der Waals surface area contributed by atoms with Gasteiger partial charge in [0.1, 0.15) is 5.75 Å². The van der Waals surface area contributed by atoms with E-state index in [1.165, 1.54) is 24.3 Å². The summed E-state index contributed by atoms with van der Waals surface area (Å²) < 4.78 is 52.7. The predicted molar refractivity (Wildman–Crippen MR) is 115 cm³/mol. The highest BCUT2D eigenvalue weighted by Crippen LogP contribution is 2.30. The van der Waals surface area contributed by atoms with Crippen molar-refractivity contribution in [3.8, 4) is 5.75 Å². The van der Waals surface area contributed by atoms with Crippen LogP contribution in [0.15, 0.2) is 89.9 Å². The fourth-order valence-electron chi connectivity index (χ4n) is 3.29. The molecule has 4 rings (SSSR count). The van der Waals surface area contributed by atoms with E-state index in [-0.39, 0.29) is 18.2 Å². The van der Waals surface area contributed by atoms with Gasteiger partial charge in [-0.3, -0.25) is 5.32 Å². The first kappa shape index (κ1) is 22.2. The Labute approximate surface area is 187 Å². The van der Waals surface area contributed by atoms with E-state index < -0.39 is 24.7 Å². The van der Waals surface area contributed by atoms with E-state index in [2.05, 4.69) is 15.0 Å². The van der Waals surface area contributed by atoms with Crippen molar-refractivity contribution in [1.82, 2.24) is 0 Å². The van der Waals surface area contributed by atoms with Crippen LogP contribution in [0.4, 0.5) is 23.7 Å². The molecule has 0 spiro atoms. The fraction of sp³-hybridized carbons (Fsp3) is 0.167. The van der Waals surface area contributed by atoms with Crippen LogP contribution >= 0.6 is 0 Å². The van der Waals surface area contributed by atoms with Crippen LogP contribution in [0.5, 0.6) is 5.75 Å². The number of rotatable bonds is 5. The lowest BCUT2D eigenvalue weighted by molar-refractivity contribution is -0.274. The number of nitrogens with one attached hydrogen (secondary N) is 1. The highest BCUT2D eigenvalue weighted by Gasteiger charge is 2.34. The summed E-state index contributed by atoms with van der Waals surface area (Å²) in [5.74, 6) is -0.119. The summed E-state index contributed by atoms with van der Waals surface area (Å²) in [6, 6.07) is 23.2. The lowest BCUT2D eigenvalue weighted by atomic mass is 10.0. The van der Waals surface area contributed by atoms with Crippen molar-refractivity contribution in [3.63, 3.8) is 0 Å². The van der Waals surface area contributed by atoms with Gasteiger partial charge in [0, 0.05) is 11.3 Å². The number of benzene rings is 3. The van der Waals surface area contributed by atoms with E-state index in [0.29, 0.717) is 11.3 Å². The first-order chi connectivity index (χ1) is 15.9. The van der Waals surface area contributed by atoms with Gasteiger partial charge < -0.3 is 14.2 Å². The van der Waals surface area contributed by atoms with Crippen molar-refractivity contribution in [2.24, 2.45) is 4.99 Å². The van der Waals surface area contributed by atoms with E-state index in [1.807, 2.05) is 36.4 Å². The van der Waals surface area contributed by atoms with Crippen molar-refractivity contribution in [2.75, 3.05) is 11.9 Å². The topological polar surface area (TPSA) is 69.2 Å². The molecule has 0 saturated heterocycles. The first-order valence-electron chi connectivity index (χ1n) is 10.0. The zero-order valence-electron chi connectivity index (χ0n) is 17.2. The maximum absolute atomic E-state index is 12.4. The van der Waals surface area contributed by atoms with Crippen LogP contribution in [-0.4, -0.2) is 31.0 Å². The zero-order valence-corrected chi connectivity index (χ0v) is 17.2. The molecule has 9 heteroatoms. The maximum atomic E-state index is 12.4. The van der Waals surface area contributed by atoms with Crippen molar-refractivity contribution in [1.29, 1.82) is 0 Å². The third-order valence-corrected chi connectivity index (χ3v) is 4.73. The van der Waals surface area contributed by atoms with Crippen LogP contribution in [0.2, 0.25) is 0 Å². The molecule has 2 unspecified atom stereocenters. The summed E-state index contributed by atoms with van der Waals surface area (Å²) in [5.41, 5.74) is 1.82. The van der Waals surface area contributed by atoms with Crippen LogP contribution in [0, 0.1) is 0 Å². The molecule has 1 heterocycles. The number of hydrogen-bond acceptors (Lipinski definition) is 5. The van der Waals surface area contributed by atoms with Gasteiger partial charge in [-0.2, -0.15) is 0 Å². The van der Waals surface area contributed by atoms with Gasteiger partial charge >= 0.3 is 12.5 Å². The van der Waals surface area contributed by atoms with Gasteiger partial charge in [0.2, 0.25) is 5.90 Å². The molecular weight excluding hydrogens is 437 g/mol. The average Bonchev–Trinajstić information content (AvgIpc) is 2.80. The molecule has 0 aliphatic carbocycles. The minimum absolute atomic E-state index is 0.109. The Hall–Kier alpha value is -4.01. The largest absolute Gasteiger partial charge is 0.573 e. The van der Waals surface area contributed by atoms with Gasteiger partial charge in [0.15, 0.2) is 12.2 Å². The number of nitrogens with zero attached hydrogens (tertiary/aromatic N) is 1. The molecule has 1 aliphatic rings. The Bertz CT molecular complexity index is 1100. The Balaban J connectivity index is 1.51.